The van der Waals surface area contributed by atoms with Crippen molar-refractivity contribution in [2.75, 3.05) is 0 Å². The van der Waals surface area contributed by atoms with Crippen LogP contribution in [-0.2, 0) is 0 Å². The van der Waals surface area contributed by atoms with Gasteiger partial charge in [0.05, 0.1) is 0 Å². The molecule has 0 aromatic heterocycles. The molecule has 0 saturated heterocycles. The molecule has 0 aliphatic heterocycles. The maximum Gasteiger partial charge on any atom is -0.0329 e. The molecule has 0 radical (unpaired) electrons. The second-order valence-electron chi connectivity index (χ2n) is 39.5. The fourth-order valence-corrected chi connectivity index (χ4v) is 18.6. The average Bonchev–Trinajstić information content (AvgIpc) is 3.18. The third-order valence-electron chi connectivity index (χ3n) is 29.0. The Bertz CT molecular complexity index is 1540. The monoisotopic (exact) mass is 1230 g/mol. The third-order valence-corrected chi connectivity index (χ3v) is 29.0. The molecule has 88 heavy (non-hydrogen) atoms. The molecule has 11 aliphatic rings. The number of rotatable bonds is 2. The first-order valence-electron chi connectivity index (χ1n) is 40.5. The van der Waals surface area contributed by atoms with Gasteiger partial charge in [-0.1, -0.05) is 318 Å². The zero-order valence-electron chi connectivity index (χ0n) is 67.8. The molecule has 11 aliphatic carbocycles. The molecule has 11 fully saturated rings. The summed E-state index contributed by atoms with van der Waals surface area (Å²) in [5.41, 5.74) is 2.64. The van der Waals surface area contributed by atoms with Crippen LogP contribution >= 0.6 is 0 Å². The van der Waals surface area contributed by atoms with Gasteiger partial charge in [-0.25, -0.2) is 0 Å². The summed E-state index contributed by atoms with van der Waals surface area (Å²) < 4.78 is 0. The van der Waals surface area contributed by atoms with E-state index in [2.05, 4.69) is 228 Å². The fraction of sp³-hybridized carbons (Fsp3) is 1.00. The minimum absolute atomic E-state index is 0.653. The van der Waals surface area contributed by atoms with Crippen molar-refractivity contribution in [2.45, 2.75) is 395 Å². The largest absolute Gasteiger partial charge is 0.0651 e. The van der Waals surface area contributed by atoms with E-state index in [9.17, 15) is 0 Å². The zero-order chi connectivity index (χ0) is 67.8. The van der Waals surface area contributed by atoms with Crippen LogP contribution in [0.2, 0.25) is 0 Å². The summed E-state index contributed by atoms with van der Waals surface area (Å²) in [6, 6.07) is 0. The van der Waals surface area contributed by atoms with E-state index in [1.165, 1.54) is 167 Å². The first-order chi connectivity index (χ1) is 40.5. The Morgan fingerprint density at radius 2 is 0.580 bits per heavy atom. The number of hydrogen-bond acceptors (Lipinski definition) is 0. The molecule has 11 rings (SSSR count). The molecule has 0 nitrogen and oxygen atoms in total. The van der Waals surface area contributed by atoms with Crippen LogP contribution in [0.15, 0.2) is 0 Å². The highest BCUT2D eigenvalue weighted by Gasteiger charge is 2.38. The Hall–Kier alpha value is 0. The van der Waals surface area contributed by atoms with Crippen LogP contribution < -0.4 is 0 Å². The van der Waals surface area contributed by atoms with Crippen molar-refractivity contribution >= 4 is 0 Å². The van der Waals surface area contributed by atoms with Crippen LogP contribution in [0.5, 0.6) is 0 Å². The highest BCUT2D eigenvalue weighted by molar-refractivity contribution is 4.88. The predicted octanol–water partition coefficient (Wildman–Crippen LogP) is 30.1. The summed E-state index contributed by atoms with van der Waals surface area (Å²) in [6.45, 7) is 78.0. The molecule has 0 heteroatoms. The van der Waals surface area contributed by atoms with Crippen LogP contribution in [0.4, 0.5) is 0 Å². The Morgan fingerprint density at radius 1 is 0.284 bits per heavy atom. The minimum Gasteiger partial charge on any atom is -0.0651 e. The predicted molar refractivity (Wildman–Crippen MR) is 404 cm³/mol. The maximum absolute atomic E-state index is 2.39. The standard InChI is InChI=1S/11C8H16/c2*1-6-4-7(2)8(3)5-6;1-6(2)8-4-7(3)5-8;2*1-7-4-5-8(2,3)6-7;2*1-7-5-4-6-8(7,2)3;2*1-6-4-5-7(2)8(6)3;1-5-6(2)8(4)7(5)3;1-3-8-6-4-5-7(8)2/h3*6-8H,4-5H2,1-3H3;4*7H,4-6H2,1-3H3;2*6-8H,4-5H2,1-3H3;5-8H,1-4H3;7-8H,3-6H2,1-2H3/t6?,7-,8?;;;7-;;7-;;;;;/m0..0.0...../s1. The van der Waals surface area contributed by atoms with Gasteiger partial charge in [0.2, 0.25) is 0 Å². The lowest BCUT2D eigenvalue weighted by Crippen LogP contribution is -2.39. The highest BCUT2D eigenvalue weighted by atomic mass is 14.4. The van der Waals surface area contributed by atoms with E-state index >= 15 is 0 Å². The third kappa shape index (κ3) is 32.6. The van der Waals surface area contributed by atoms with Crippen molar-refractivity contribution in [3.8, 4) is 0 Å². The van der Waals surface area contributed by atoms with Crippen molar-refractivity contribution in [1.82, 2.24) is 0 Å². The molecule has 0 amide bonds. The SMILES string of the molecule is CC1C(C)C(C)C1C.CC1CC(C(C)C)C1.CC1CC(C)C(C)C1.CC1CC(C)[C@@H](C)C1.CC1CCC(C)(C)C1.CC1CCC(C)C1C.CC1CCC(C)C1C.CC1CCCC1(C)C.CCC1CCCC1C.C[C@H]1CCC(C)(C)C1.C[C@H]1CCCC1(C)C. The molecule has 0 heterocycles. The van der Waals surface area contributed by atoms with E-state index in [4.69, 9.17) is 0 Å². The van der Waals surface area contributed by atoms with Gasteiger partial charge in [-0.3, -0.25) is 0 Å². The minimum atomic E-state index is 0.653. The quantitative estimate of drug-likeness (QED) is 0.259. The molecule has 12 unspecified atom stereocenters. The van der Waals surface area contributed by atoms with Gasteiger partial charge >= 0.3 is 0 Å². The lowest BCUT2D eigenvalue weighted by Gasteiger charge is -2.45. The summed E-state index contributed by atoms with van der Waals surface area (Å²) >= 11 is 0. The van der Waals surface area contributed by atoms with Gasteiger partial charge in [0.15, 0.2) is 0 Å². The molecule has 11 saturated carbocycles. The van der Waals surface area contributed by atoms with Gasteiger partial charge < -0.3 is 0 Å². The van der Waals surface area contributed by atoms with Crippen molar-refractivity contribution in [3.05, 3.63) is 0 Å². The van der Waals surface area contributed by atoms with Crippen molar-refractivity contribution < 1.29 is 0 Å². The molecule has 0 aromatic carbocycles. The van der Waals surface area contributed by atoms with Crippen molar-refractivity contribution in [2.24, 2.45) is 170 Å². The van der Waals surface area contributed by atoms with E-state index in [0.29, 0.717) is 21.7 Å². The first-order valence-corrected chi connectivity index (χ1v) is 40.5. The summed E-state index contributed by atoms with van der Waals surface area (Å²) in [4.78, 5) is 0. The second-order valence-corrected chi connectivity index (χ2v) is 39.5. The van der Waals surface area contributed by atoms with Crippen LogP contribution in [0.25, 0.3) is 0 Å². The van der Waals surface area contributed by atoms with Gasteiger partial charge in [0.1, 0.15) is 0 Å². The summed E-state index contributed by atoms with van der Waals surface area (Å²) in [7, 11) is 0. The van der Waals surface area contributed by atoms with Crippen LogP contribution in [0.3, 0.4) is 0 Å². The Morgan fingerprint density at radius 3 is 0.670 bits per heavy atom. The zero-order valence-corrected chi connectivity index (χ0v) is 67.8. The summed E-state index contributed by atoms with van der Waals surface area (Å²) in [6.07, 6.45) is 37.9. The first kappa shape index (κ1) is 86.0. The smallest absolute Gasteiger partial charge is 0.0329 e. The van der Waals surface area contributed by atoms with E-state index in [1.54, 1.807) is 0 Å². The Labute approximate surface area is 561 Å². The lowest BCUT2D eigenvalue weighted by atomic mass is 9.60. The maximum atomic E-state index is 2.39. The molecule has 0 aromatic rings. The van der Waals surface area contributed by atoms with Gasteiger partial charge in [-0.05, 0) is 247 Å². The van der Waals surface area contributed by atoms with Crippen LogP contribution in [0, 0.1) is 170 Å². The summed E-state index contributed by atoms with van der Waals surface area (Å²) in [5, 5.41) is 0. The fourth-order valence-electron chi connectivity index (χ4n) is 18.6. The van der Waals surface area contributed by atoms with E-state index < -0.39 is 0 Å². The van der Waals surface area contributed by atoms with E-state index in [0.717, 1.165) is 148 Å². The normalized spacial score (nSPS) is 42.2. The second kappa shape index (κ2) is 41.2. The van der Waals surface area contributed by atoms with Gasteiger partial charge in [0.25, 0.3) is 0 Å². The topological polar surface area (TPSA) is 0 Å². The highest BCUT2D eigenvalue weighted by Crippen LogP contribution is 2.46. The molecule has 0 N–H and O–H groups in total. The van der Waals surface area contributed by atoms with Gasteiger partial charge in [0, 0.05) is 0 Å². The molecule has 0 spiro atoms. The number of hydrogen-bond donors (Lipinski definition) is 0. The van der Waals surface area contributed by atoms with Crippen molar-refractivity contribution in [3.63, 3.8) is 0 Å². The molecule has 15 atom stereocenters. The Balaban J connectivity index is 0.000000484. The molecular weight excluding hydrogens is 1060 g/mol. The van der Waals surface area contributed by atoms with Crippen molar-refractivity contribution in [1.29, 1.82) is 0 Å². The van der Waals surface area contributed by atoms with Crippen LogP contribution in [0.1, 0.15) is 395 Å². The van der Waals surface area contributed by atoms with Crippen LogP contribution in [-0.4, -0.2) is 0 Å². The molecule has 528 valence electrons. The average molecular weight is 1230 g/mol. The summed E-state index contributed by atoms with van der Waals surface area (Å²) in [5.74, 6) is 24.8. The van der Waals surface area contributed by atoms with E-state index in [1.807, 2.05) is 0 Å². The van der Waals surface area contributed by atoms with E-state index in [-0.39, 0.29) is 0 Å². The lowest BCUT2D eigenvalue weighted by molar-refractivity contribution is 0.0302. The Kier molecular flexibility index (Phi) is 40.3. The molecule has 0 bridgehead atoms. The van der Waals surface area contributed by atoms with Gasteiger partial charge in [-0.2, -0.15) is 0 Å². The van der Waals surface area contributed by atoms with Gasteiger partial charge in [-0.15, -0.1) is 0 Å². The molecular formula is C88H176.